The molecule has 1 aromatic rings. The Balaban J connectivity index is 1.75. The Kier molecular flexibility index (Phi) is 5.94. The Labute approximate surface area is 130 Å². The number of hydrogen-bond donors (Lipinski definition) is 3. The third-order valence-electron chi connectivity index (χ3n) is 3.72. The second-order valence-corrected chi connectivity index (χ2v) is 5.88. The molecule has 2 amide bonds. The molecule has 1 aliphatic rings. The zero-order valence-corrected chi connectivity index (χ0v) is 13.3. The van der Waals surface area contributed by atoms with Gasteiger partial charge in [-0.15, -0.1) is 0 Å². The number of carbonyl (C=O) groups is 2. The van der Waals surface area contributed by atoms with Gasteiger partial charge >= 0.3 is 0 Å². The van der Waals surface area contributed by atoms with Crippen molar-refractivity contribution in [2.75, 3.05) is 26.2 Å². The monoisotopic (exact) mass is 307 g/mol. The fourth-order valence-electron chi connectivity index (χ4n) is 2.38. The van der Waals surface area contributed by atoms with Gasteiger partial charge in [0.25, 0.3) is 5.91 Å². The van der Waals surface area contributed by atoms with Crippen LogP contribution in [-0.4, -0.2) is 47.8 Å². The van der Waals surface area contributed by atoms with E-state index in [-0.39, 0.29) is 17.7 Å². The maximum Gasteiger partial charge on any atom is 0.271 e. The summed E-state index contributed by atoms with van der Waals surface area (Å²) >= 11 is 0. The molecule has 1 atom stereocenters. The van der Waals surface area contributed by atoms with Crippen molar-refractivity contribution in [1.82, 2.24) is 25.7 Å². The van der Waals surface area contributed by atoms with Crippen molar-refractivity contribution >= 4 is 11.8 Å². The summed E-state index contributed by atoms with van der Waals surface area (Å²) in [5, 5.41) is 13.2. The standard InChI is InChI=1S/C15H25N5O2/c1-11(2)14(21)17-7-8-18-15(22)13-5-9-20(19-13)12-4-3-6-16-10-12/h5,9,11-12,16H,3-4,6-8,10H2,1-2H3,(H,17,21)(H,18,22). The van der Waals surface area contributed by atoms with Gasteiger partial charge in [-0.2, -0.15) is 5.10 Å². The SMILES string of the molecule is CC(C)C(=O)NCCNC(=O)c1ccn(C2CCCNC2)n1. The molecule has 3 N–H and O–H groups in total. The summed E-state index contributed by atoms with van der Waals surface area (Å²) in [6.07, 6.45) is 4.06. The molecule has 1 aromatic heterocycles. The highest BCUT2D eigenvalue weighted by atomic mass is 16.2. The number of nitrogens with one attached hydrogen (secondary N) is 3. The van der Waals surface area contributed by atoms with Gasteiger partial charge in [-0.05, 0) is 25.5 Å². The molecule has 0 aliphatic carbocycles. The molecule has 2 heterocycles. The minimum Gasteiger partial charge on any atom is -0.354 e. The summed E-state index contributed by atoms with van der Waals surface area (Å²) in [5.74, 6) is -0.264. The number of aromatic nitrogens is 2. The highest BCUT2D eigenvalue weighted by Crippen LogP contribution is 2.15. The zero-order valence-electron chi connectivity index (χ0n) is 13.3. The van der Waals surface area contributed by atoms with Crippen molar-refractivity contribution in [3.05, 3.63) is 18.0 Å². The maximum atomic E-state index is 12.0. The van der Waals surface area contributed by atoms with Crippen LogP contribution in [0.15, 0.2) is 12.3 Å². The number of amides is 2. The highest BCUT2D eigenvalue weighted by Gasteiger charge is 2.17. The van der Waals surface area contributed by atoms with Gasteiger partial charge in [-0.1, -0.05) is 13.8 Å². The lowest BCUT2D eigenvalue weighted by Crippen LogP contribution is -2.36. The zero-order chi connectivity index (χ0) is 15.9. The molecule has 1 saturated heterocycles. The van der Waals surface area contributed by atoms with Crippen LogP contribution in [0.1, 0.15) is 43.2 Å². The molecule has 0 aromatic carbocycles. The van der Waals surface area contributed by atoms with E-state index in [1.54, 1.807) is 6.07 Å². The van der Waals surface area contributed by atoms with Crippen molar-refractivity contribution in [3.63, 3.8) is 0 Å². The number of hydrogen-bond acceptors (Lipinski definition) is 4. The third kappa shape index (κ3) is 4.56. The molecule has 7 nitrogen and oxygen atoms in total. The molecule has 1 aliphatic heterocycles. The lowest BCUT2D eigenvalue weighted by Gasteiger charge is -2.22. The largest absolute Gasteiger partial charge is 0.354 e. The van der Waals surface area contributed by atoms with Gasteiger partial charge in [0.1, 0.15) is 5.69 Å². The minimum absolute atomic E-state index is 0.0108. The Bertz CT molecular complexity index is 506. The third-order valence-corrected chi connectivity index (χ3v) is 3.72. The van der Waals surface area contributed by atoms with Gasteiger partial charge in [-0.3, -0.25) is 14.3 Å². The molecule has 122 valence electrons. The van der Waals surface area contributed by atoms with Crippen molar-refractivity contribution < 1.29 is 9.59 Å². The lowest BCUT2D eigenvalue weighted by atomic mass is 10.1. The Morgan fingerprint density at radius 2 is 2.18 bits per heavy atom. The summed E-state index contributed by atoms with van der Waals surface area (Å²) in [6.45, 7) is 6.43. The molecular weight excluding hydrogens is 282 g/mol. The molecule has 2 rings (SSSR count). The summed E-state index contributed by atoms with van der Waals surface area (Å²) in [4.78, 5) is 23.4. The Hall–Kier alpha value is -1.89. The fraction of sp³-hybridized carbons (Fsp3) is 0.667. The number of piperidine rings is 1. The Morgan fingerprint density at radius 1 is 1.41 bits per heavy atom. The summed E-state index contributed by atoms with van der Waals surface area (Å²) in [7, 11) is 0. The molecule has 1 unspecified atom stereocenters. The van der Waals surface area contributed by atoms with Crippen molar-refractivity contribution in [2.24, 2.45) is 5.92 Å². The molecule has 0 spiro atoms. The highest BCUT2D eigenvalue weighted by molar-refractivity contribution is 5.92. The van der Waals surface area contributed by atoms with Crippen molar-refractivity contribution in [1.29, 1.82) is 0 Å². The van der Waals surface area contributed by atoms with Crippen LogP contribution in [0, 0.1) is 5.92 Å². The molecule has 0 radical (unpaired) electrons. The Morgan fingerprint density at radius 3 is 2.86 bits per heavy atom. The van der Waals surface area contributed by atoms with Gasteiger partial charge in [0.05, 0.1) is 6.04 Å². The fourth-order valence-corrected chi connectivity index (χ4v) is 2.38. The molecule has 0 saturated carbocycles. The van der Waals surface area contributed by atoms with Gasteiger partial charge < -0.3 is 16.0 Å². The van der Waals surface area contributed by atoms with E-state index in [2.05, 4.69) is 21.0 Å². The first-order chi connectivity index (χ1) is 10.6. The number of carbonyl (C=O) groups excluding carboxylic acids is 2. The second kappa shape index (κ2) is 7.93. The average molecular weight is 307 g/mol. The van der Waals surface area contributed by atoms with E-state index >= 15 is 0 Å². The van der Waals surface area contributed by atoms with E-state index < -0.39 is 0 Å². The quantitative estimate of drug-likeness (QED) is 0.660. The van der Waals surface area contributed by atoms with E-state index in [0.717, 1.165) is 25.9 Å². The first-order valence-electron chi connectivity index (χ1n) is 7.89. The topological polar surface area (TPSA) is 88.0 Å². The van der Waals surface area contributed by atoms with E-state index in [9.17, 15) is 9.59 Å². The van der Waals surface area contributed by atoms with E-state index in [1.165, 1.54) is 0 Å². The van der Waals surface area contributed by atoms with Crippen LogP contribution in [-0.2, 0) is 4.79 Å². The molecule has 22 heavy (non-hydrogen) atoms. The smallest absolute Gasteiger partial charge is 0.271 e. The van der Waals surface area contributed by atoms with Crippen LogP contribution in [0.3, 0.4) is 0 Å². The van der Waals surface area contributed by atoms with E-state index in [1.807, 2.05) is 24.7 Å². The van der Waals surface area contributed by atoms with Crippen LogP contribution in [0.5, 0.6) is 0 Å². The number of rotatable bonds is 6. The first-order valence-corrected chi connectivity index (χ1v) is 7.89. The van der Waals surface area contributed by atoms with Crippen LogP contribution in [0.2, 0.25) is 0 Å². The average Bonchev–Trinajstić information content (AvgIpc) is 3.02. The lowest BCUT2D eigenvalue weighted by molar-refractivity contribution is -0.123. The van der Waals surface area contributed by atoms with E-state index in [4.69, 9.17) is 0 Å². The van der Waals surface area contributed by atoms with Crippen LogP contribution in [0.4, 0.5) is 0 Å². The maximum absolute atomic E-state index is 12.0. The molecule has 7 heteroatoms. The van der Waals surface area contributed by atoms with Gasteiger partial charge in [0, 0.05) is 31.7 Å². The van der Waals surface area contributed by atoms with Gasteiger partial charge in [0.2, 0.25) is 5.91 Å². The minimum atomic E-state index is -0.207. The summed E-state index contributed by atoms with van der Waals surface area (Å²) < 4.78 is 1.86. The molecule has 0 bridgehead atoms. The predicted octanol–water partition coefficient (Wildman–Crippen LogP) is 0.310. The van der Waals surface area contributed by atoms with Gasteiger partial charge in [-0.25, -0.2) is 0 Å². The number of nitrogens with zero attached hydrogens (tertiary/aromatic N) is 2. The predicted molar refractivity (Wildman–Crippen MR) is 83.5 cm³/mol. The van der Waals surface area contributed by atoms with E-state index in [0.29, 0.717) is 24.8 Å². The van der Waals surface area contributed by atoms with Gasteiger partial charge in [0.15, 0.2) is 0 Å². The van der Waals surface area contributed by atoms with Crippen LogP contribution in [0.25, 0.3) is 0 Å². The van der Waals surface area contributed by atoms with Crippen LogP contribution < -0.4 is 16.0 Å². The normalized spacial score (nSPS) is 18.2. The molecule has 1 fully saturated rings. The summed E-state index contributed by atoms with van der Waals surface area (Å²) in [5.41, 5.74) is 0.417. The van der Waals surface area contributed by atoms with Crippen molar-refractivity contribution in [3.8, 4) is 0 Å². The first kappa shape index (κ1) is 16.5. The van der Waals surface area contributed by atoms with Crippen LogP contribution >= 0.6 is 0 Å². The second-order valence-electron chi connectivity index (χ2n) is 5.88. The molecular formula is C15H25N5O2. The summed E-state index contributed by atoms with van der Waals surface area (Å²) in [6, 6.07) is 2.05. The van der Waals surface area contributed by atoms with Crippen molar-refractivity contribution in [2.45, 2.75) is 32.7 Å².